The highest BCUT2D eigenvalue weighted by Crippen LogP contribution is 2.30. The molecule has 1 N–H and O–H groups in total. The largest absolute Gasteiger partial charge is 0.465 e. The second kappa shape index (κ2) is 12.2. The molecule has 1 amide bonds. The number of benzene rings is 2. The maximum absolute atomic E-state index is 12.9. The molecule has 1 heterocycles. The van der Waals surface area contributed by atoms with Crippen molar-refractivity contribution in [2.45, 2.75) is 50.8 Å². The fourth-order valence-electron chi connectivity index (χ4n) is 4.27. The lowest BCUT2D eigenvalue weighted by Gasteiger charge is -2.39. The molecule has 0 bridgehead atoms. The predicted molar refractivity (Wildman–Crippen MR) is 124 cm³/mol. The van der Waals surface area contributed by atoms with Crippen LogP contribution in [-0.2, 0) is 28.5 Å². The van der Waals surface area contributed by atoms with E-state index in [-0.39, 0.29) is 12.3 Å². The van der Waals surface area contributed by atoms with E-state index < -0.39 is 23.8 Å². The third-order valence-corrected chi connectivity index (χ3v) is 6.07. The summed E-state index contributed by atoms with van der Waals surface area (Å²) in [7, 11) is 1.34. The standard InChI is InChI=1S/C26H31F3N2O4/c1-35-25(34)21-9-2-6-19(16-21)8-4-14-31-24(33)11-5-13-30(31)15-12-23(32)18-20-7-3-10-22(17-20)26(27,28)29/h2-3,6-7,9-10,16-17,23,32H,4-5,8,11-15,18H2,1H3. The molecule has 0 radical (unpaired) electrons. The predicted octanol–water partition coefficient (Wildman–Crippen LogP) is 4.26. The number of alkyl halides is 3. The zero-order valence-corrected chi connectivity index (χ0v) is 19.8. The minimum absolute atomic E-state index is 0.0203. The number of nitrogens with zero attached hydrogens (tertiary/aromatic N) is 2. The van der Waals surface area contributed by atoms with Gasteiger partial charge in [-0.25, -0.2) is 9.80 Å². The molecular weight excluding hydrogens is 461 g/mol. The van der Waals surface area contributed by atoms with Crippen LogP contribution in [0.3, 0.4) is 0 Å². The van der Waals surface area contributed by atoms with Gasteiger partial charge in [0.25, 0.3) is 0 Å². The molecule has 1 saturated heterocycles. The van der Waals surface area contributed by atoms with Crippen molar-refractivity contribution in [3.05, 3.63) is 70.8 Å². The molecule has 0 aromatic heterocycles. The number of aliphatic hydroxyl groups excluding tert-OH is 1. The van der Waals surface area contributed by atoms with E-state index in [1.807, 2.05) is 11.1 Å². The number of hydrogen-bond acceptors (Lipinski definition) is 5. The fourth-order valence-corrected chi connectivity index (χ4v) is 4.27. The lowest BCUT2D eigenvalue weighted by molar-refractivity contribution is -0.156. The first-order valence-electron chi connectivity index (χ1n) is 11.7. The van der Waals surface area contributed by atoms with E-state index in [4.69, 9.17) is 4.74 Å². The summed E-state index contributed by atoms with van der Waals surface area (Å²) in [5.41, 5.74) is 1.15. The van der Waals surface area contributed by atoms with Gasteiger partial charge in [0, 0.05) is 26.1 Å². The van der Waals surface area contributed by atoms with Gasteiger partial charge in [-0.2, -0.15) is 13.2 Å². The minimum Gasteiger partial charge on any atom is -0.465 e. The van der Waals surface area contributed by atoms with E-state index in [1.54, 1.807) is 29.3 Å². The van der Waals surface area contributed by atoms with Crippen molar-refractivity contribution < 1.29 is 32.6 Å². The Morgan fingerprint density at radius 3 is 2.60 bits per heavy atom. The lowest BCUT2D eigenvalue weighted by Crippen LogP contribution is -2.51. The maximum Gasteiger partial charge on any atom is 0.416 e. The average molecular weight is 493 g/mol. The Morgan fingerprint density at radius 2 is 1.86 bits per heavy atom. The van der Waals surface area contributed by atoms with Crippen molar-refractivity contribution in [1.82, 2.24) is 10.0 Å². The minimum atomic E-state index is -4.42. The Labute approximate surface area is 203 Å². The Morgan fingerprint density at radius 1 is 1.11 bits per heavy atom. The first-order chi connectivity index (χ1) is 16.7. The molecule has 1 atom stereocenters. The second-order valence-electron chi connectivity index (χ2n) is 8.71. The van der Waals surface area contributed by atoms with Crippen LogP contribution in [0.15, 0.2) is 48.5 Å². The third kappa shape index (κ3) is 7.80. The first-order valence-corrected chi connectivity index (χ1v) is 11.7. The van der Waals surface area contributed by atoms with Crippen LogP contribution >= 0.6 is 0 Å². The fraction of sp³-hybridized carbons (Fsp3) is 0.462. The monoisotopic (exact) mass is 492 g/mol. The molecule has 0 spiro atoms. The van der Waals surface area contributed by atoms with Crippen LogP contribution in [0.4, 0.5) is 13.2 Å². The number of methoxy groups -OCH3 is 1. The molecule has 35 heavy (non-hydrogen) atoms. The van der Waals surface area contributed by atoms with Crippen LogP contribution in [-0.4, -0.2) is 59.8 Å². The third-order valence-electron chi connectivity index (χ3n) is 6.07. The van der Waals surface area contributed by atoms with Gasteiger partial charge in [0.15, 0.2) is 0 Å². The smallest absolute Gasteiger partial charge is 0.416 e. The van der Waals surface area contributed by atoms with Crippen LogP contribution in [0.1, 0.15) is 52.7 Å². The molecular formula is C26H31F3N2O4. The normalized spacial score (nSPS) is 15.8. The number of hydrazine groups is 1. The number of aliphatic hydroxyl groups is 1. The summed E-state index contributed by atoms with van der Waals surface area (Å²) in [6, 6.07) is 12.2. The van der Waals surface area contributed by atoms with E-state index in [9.17, 15) is 27.9 Å². The van der Waals surface area contributed by atoms with Crippen LogP contribution in [0.25, 0.3) is 0 Å². The maximum atomic E-state index is 12.9. The summed E-state index contributed by atoms with van der Waals surface area (Å²) in [6.45, 7) is 1.62. The molecule has 9 heteroatoms. The summed E-state index contributed by atoms with van der Waals surface area (Å²) in [5.74, 6) is -0.375. The number of halogens is 3. The summed E-state index contributed by atoms with van der Waals surface area (Å²) < 4.78 is 43.5. The molecule has 1 unspecified atom stereocenters. The van der Waals surface area contributed by atoms with E-state index in [0.717, 1.165) is 24.1 Å². The van der Waals surface area contributed by atoms with Gasteiger partial charge in [-0.1, -0.05) is 30.3 Å². The summed E-state index contributed by atoms with van der Waals surface area (Å²) >= 11 is 0. The molecule has 3 rings (SSSR count). The van der Waals surface area contributed by atoms with Crippen LogP contribution in [0.5, 0.6) is 0 Å². The van der Waals surface area contributed by atoms with Crippen molar-refractivity contribution in [2.75, 3.05) is 26.7 Å². The van der Waals surface area contributed by atoms with Crippen LogP contribution < -0.4 is 0 Å². The van der Waals surface area contributed by atoms with Gasteiger partial charge in [0.2, 0.25) is 5.91 Å². The Balaban J connectivity index is 1.52. The van der Waals surface area contributed by atoms with Crippen molar-refractivity contribution >= 4 is 11.9 Å². The first kappa shape index (κ1) is 26.7. The van der Waals surface area contributed by atoms with Crippen molar-refractivity contribution in [3.63, 3.8) is 0 Å². The zero-order chi connectivity index (χ0) is 25.4. The second-order valence-corrected chi connectivity index (χ2v) is 8.71. The molecule has 190 valence electrons. The highest BCUT2D eigenvalue weighted by molar-refractivity contribution is 5.89. The van der Waals surface area contributed by atoms with Crippen LogP contribution in [0, 0.1) is 0 Å². The number of rotatable bonds is 10. The van der Waals surface area contributed by atoms with Crippen LogP contribution in [0.2, 0.25) is 0 Å². The highest BCUT2D eigenvalue weighted by atomic mass is 19.4. The van der Waals surface area contributed by atoms with E-state index in [1.165, 1.54) is 13.2 Å². The van der Waals surface area contributed by atoms with Crippen molar-refractivity contribution in [1.29, 1.82) is 0 Å². The van der Waals surface area contributed by atoms with Gasteiger partial charge in [0.05, 0.1) is 24.3 Å². The van der Waals surface area contributed by atoms with Crippen molar-refractivity contribution in [3.8, 4) is 0 Å². The van der Waals surface area contributed by atoms with Gasteiger partial charge >= 0.3 is 12.1 Å². The van der Waals surface area contributed by atoms with E-state index in [2.05, 4.69) is 0 Å². The van der Waals surface area contributed by atoms with E-state index in [0.29, 0.717) is 56.4 Å². The molecule has 0 saturated carbocycles. The Hall–Kier alpha value is -2.91. The quantitative estimate of drug-likeness (QED) is 0.502. The average Bonchev–Trinajstić information content (AvgIpc) is 2.83. The summed E-state index contributed by atoms with van der Waals surface area (Å²) in [6.07, 6.45) is -2.24. The number of ether oxygens (including phenoxy) is 1. The number of esters is 1. The zero-order valence-electron chi connectivity index (χ0n) is 19.8. The highest BCUT2D eigenvalue weighted by Gasteiger charge is 2.30. The molecule has 1 aliphatic heterocycles. The van der Waals surface area contributed by atoms with Gasteiger partial charge in [-0.3, -0.25) is 9.80 Å². The number of hydrogen-bond donors (Lipinski definition) is 1. The number of amides is 1. The molecule has 0 aliphatic carbocycles. The Bertz CT molecular complexity index is 1010. The van der Waals surface area contributed by atoms with E-state index >= 15 is 0 Å². The summed E-state index contributed by atoms with van der Waals surface area (Å²) in [5, 5.41) is 14.1. The van der Waals surface area contributed by atoms with Gasteiger partial charge in [0.1, 0.15) is 0 Å². The van der Waals surface area contributed by atoms with Gasteiger partial charge in [-0.15, -0.1) is 0 Å². The van der Waals surface area contributed by atoms with Gasteiger partial charge < -0.3 is 9.84 Å². The Kier molecular flexibility index (Phi) is 9.28. The van der Waals surface area contributed by atoms with Crippen molar-refractivity contribution in [2.24, 2.45) is 0 Å². The number of carbonyl (C=O) groups is 2. The molecule has 1 aliphatic rings. The SMILES string of the molecule is COC(=O)c1cccc(CCCN2C(=O)CCCN2CCC(O)Cc2cccc(C(F)(F)F)c2)c1. The topological polar surface area (TPSA) is 70.1 Å². The molecule has 2 aromatic carbocycles. The van der Waals surface area contributed by atoms with Gasteiger partial charge in [-0.05, 0) is 61.4 Å². The number of carbonyl (C=O) groups excluding carboxylic acids is 2. The number of aryl methyl sites for hydroxylation is 1. The molecule has 2 aromatic rings. The molecule has 6 nitrogen and oxygen atoms in total. The molecule has 1 fully saturated rings. The summed E-state index contributed by atoms with van der Waals surface area (Å²) in [4.78, 5) is 24.3. The lowest BCUT2D eigenvalue weighted by atomic mass is 10.0.